The van der Waals surface area contributed by atoms with E-state index in [-0.39, 0.29) is 5.78 Å². The fourth-order valence-corrected chi connectivity index (χ4v) is 2.61. The van der Waals surface area contributed by atoms with Gasteiger partial charge >= 0.3 is 0 Å². The number of halogens is 2. The van der Waals surface area contributed by atoms with E-state index in [1.807, 2.05) is 17.7 Å². The second-order valence-electron chi connectivity index (χ2n) is 3.42. The number of benzene rings is 1. The van der Waals surface area contributed by atoms with Crippen molar-refractivity contribution in [3.63, 3.8) is 0 Å². The van der Waals surface area contributed by atoms with Gasteiger partial charge in [0.15, 0.2) is 5.78 Å². The topological polar surface area (TPSA) is 17.1 Å². The maximum atomic E-state index is 12.2. The Morgan fingerprint density at radius 3 is 2.56 bits per heavy atom. The van der Waals surface area contributed by atoms with Crippen LogP contribution in [0.1, 0.15) is 21.5 Å². The molecule has 0 saturated carbocycles. The highest BCUT2D eigenvalue weighted by Gasteiger charge is 2.15. The number of aryl methyl sites for hydroxylation is 1. The van der Waals surface area contributed by atoms with Gasteiger partial charge in [-0.25, -0.2) is 0 Å². The minimum absolute atomic E-state index is 0.0775. The monoisotopic (exact) mass is 270 g/mol. The molecule has 16 heavy (non-hydrogen) atoms. The first-order valence-corrected chi connectivity index (χ1v) is 6.32. The molecule has 0 spiro atoms. The van der Waals surface area contributed by atoms with Crippen molar-refractivity contribution in [3.8, 4) is 0 Å². The molecular formula is C12H8Cl2OS. The standard InChI is InChI=1S/C12H8Cl2OS/c1-7-5-16-6-10(7)12(15)9-4-8(13)2-3-11(9)14/h2-6H,1H3. The second kappa shape index (κ2) is 4.58. The second-order valence-corrected chi connectivity index (χ2v) is 5.01. The van der Waals surface area contributed by atoms with Gasteiger partial charge in [-0.15, -0.1) is 0 Å². The fourth-order valence-electron chi connectivity index (χ4n) is 1.41. The SMILES string of the molecule is Cc1cscc1C(=O)c1cc(Cl)ccc1Cl. The van der Waals surface area contributed by atoms with Crippen LogP contribution in [0.3, 0.4) is 0 Å². The molecule has 0 bridgehead atoms. The third-order valence-corrected chi connectivity index (χ3v) is 3.70. The third kappa shape index (κ3) is 2.14. The van der Waals surface area contributed by atoms with Crippen LogP contribution in [0.2, 0.25) is 10.0 Å². The van der Waals surface area contributed by atoms with Crippen molar-refractivity contribution in [2.75, 3.05) is 0 Å². The molecule has 2 rings (SSSR count). The van der Waals surface area contributed by atoms with Gasteiger partial charge in [0.25, 0.3) is 0 Å². The Balaban J connectivity index is 2.49. The van der Waals surface area contributed by atoms with E-state index in [4.69, 9.17) is 23.2 Å². The van der Waals surface area contributed by atoms with E-state index < -0.39 is 0 Å². The fraction of sp³-hybridized carbons (Fsp3) is 0.0833. The molecule has 0 aliphatic rings. The van der Waals surface area contributed by atoms with Crippen molar-refractivity contribution >= 4 is 40.3 Å². The third-order valence-electron chi connectivity index (χ3n) is 2.27. The van der Waals surface area contributed by atoms with Gasteiger partial charge in [-0.3, -0.25) is 4.79 Å². The molecule has 0 N–H and O–H groups in total. The lowest BCUT2D eigenvalue weighted by Gasteiger charge is -2.03. The summed E-state index contributed by atoms with van der Waals surface area (Å²) in [5.41, 5.74) is 2.11. The first-order valence-electron chi connectivity index (χ1n) is 4.62. The van der Waals surface area contributed by atoms with Gasteiger partial charge in [0.05, 0.1) is 5.02 Å². The Kier molecular flexibility index (Phi) is 3.33. The number of ketones is 1. The predicted octanol–water partition coefficient (Wildman–Crippen LogP) is 4.59. The molecule has 0 aliphatic heterocycles. The summed E-state index contributed by atoms with van der Waals surface area (Å²) >= 11 is 13.3. The van der Waals surface area contributed by atoms with Crippen LogP contribution in [-0.4, -0.2) is 5.78 Å². The van der Waals surface area contributed by atoms with E-state index in [0.29, 0.717) is 21.2 Å². The van der Waals surface area contributed by atoms with Crippen LogP contribution >= 0.6 is 34.5 Å². The number of hydrogen-bond acceptors (Lipinski definition) is 2. The van der Waals surface area contributed by atoms with Gasteiger partial charge in [-0.2, -0.15) is 11.3 Å². The number of thiophene rings is 1. The van der Waals surface area contributed by atoms with E-state index in [9.17, 15) is 4.79 Å². The average Bonchev–Trinajstić information content (AvgIpc) is 2.67. The summed E-state index contributed by atoms with van der Waals surface area (Å²) < 4.78 is 0. The quantitative estimate of drug-likeness (QED) is 0.730. The highest BCUT2D eigenvalue weighted by molar-refractivity contribution is 7.08. The normalized spacial score (nSPS) is 10.4. The van der Waals surface area contributed by atoms with Gasteiger partial charge in [-0.05, 0) is 36.1 Å². The summed E-state index contributed by atoms with van der Waals surface area (Å²) in [7, 11) is 0. The average molecular weight is 271 g/mol. The smallest absolute Gasteiger partial charge is 0.195 e. The molecule has 0 fully saturated rings. The maximum absolute atomic E-state index is 12.2. The summed E-state index contributed by atoms with van der Waals surface area (Å²) in [6.45, 7) is 1.90. The zero-order valence-electron chi connectivity index (χ0n) is 8.46. The van der Waals surface area contributed by atoms with Gasteiger partial charge in [0.1, 0.15) is 0 Å². The van der Waals surface area contributed by atoms with Gasteiger partial charge in [-0.1, -0.05) is 23.2 Å². The van der Waals surface area contributed by atoms with Crippen molar-refractivity contribution in [1.29, 1.82) is 0 Å². The zero-order chi connectivity index (χ0) is 11.7. The minimum Gasteiger partial charge on any atom is -0.289 e. The molecule has 0 atom stereocenters. The van der Waals surface area contributed by atoms with Crippen molar-refractivity contribution in [1.82, 2.24) is 0 Å². The van der Waals surface area contributed by atoms with Crippen LogP contribution in [0, 0.1) is 6.92 Å². The van der Waals surface area contributed by atoms with Crippen molar-refractivity contribution in [3.05, 3.63) is 55.7 Å². The number of carbonyl (C=O) groups is 1. The van der Waals surface area contributed by atoms with E-state index in [1.165, 1.54) is 11.3 Å². The van der Waals surface area contributed by atoms with Crippen LogP contribution in [0.15, 0.2) is 29.0 Å². The Morgan fingerprint density at radius 1 is 1.19 bits per heavy atom. The van der Waals surface area contributed by atoms with Gasteiger partial charge < -0.3 is 0 Å². The van der Waals surface area contributed by atoms with Crippen LogP contribution < -0.4 is 0 Å². The van der Waals surface area contributed by atoms with Crippen molar-refractivity contribution in [2.24, 2.45) is 0 Å². The molecule has 1 aromatic carbocycles. The van der Waals surface area contributed by atoms with E-state index in [0.717, 1.165) is 5.56 Å². The molecule has 1 aromatic heterocycles. The minimum atomic E-state index is -0.0775. The number of hydrogen-bond donors (Lipinski definition) is 0. The molecule has 0 saturated heterocycles. The molecule has 0 aliphatic carbocycles. The lowest BCUT2D eigenvalue weighted by Crippen LogP contribution is -2.02. The Labute approximate surface area is 108 Å². The largest absolute Gasteiger partial charge is 0.289 e. The molecule has 4 heteroatoms. The first kappa shape index (κ1) is 11.6. The van der Waals surface area contributed by atoms with E-state index >= 15 is 0 Å². The van der Waals surface area contributed by atoms with Crippen LogP contribution in [0.5, 0.6) is 0 Å². The van der Waals surface area contributed by atoms with Gasteiger partial charge in [0.2, 0.25) is 0 Å². The van der Waals surface area contributed by atoms with Crippen LogP contribution in [0.4, 0.5) is 0 Å². The molecule has 0 amide bonds. The summed E-state index contributed by atoms with van der Waals surface area (Å²) in [4.78, 5) is 12.2. The molecular weight excluding hydrogens is 263 g/mol. The molecule has 1 heterocycles. The first-order chi connectivity index (χ1) is 7.59. The van der Waals surface area contributed by atoms with Crippen LogP contribution in [-0.2, 0) is 0 Å². The number of carbonyl (C=O) groups excluding carboxylic acids is 1. The Bertz CT molecular complexity index is 546. The zero-order valence-corrected chi connectivity index (χ0v) is 10.8. The summed E-state index contributed by atoms with van der Waals surface area (Å²) in [5.74, 6) is -0.0775. The van der Waals surface area contributed by atoms with E-state index in [2.05, 4.69) is 0 Å². The van der Waals surface area contributed by atoms with Gasteiger partial charge in [0, 0.05) is 21.5 Å². The van der Waals surface area contributed by atoms with Crippen LogP contribution in [0.25, 0.3) is 0 Å². The Morgan fingerprint density at radius 2 is 1.94 bits per heavy atom. The molecule has 2 aromatic rings. The predicted molar refractivity (Wildman–Crippen MR) is 69.0 cm³/mol. The molecule has 1 nitrogen and oxygen atoms in total. The highest BCUT2D eigenvalue weighted by atomic mass is 35.5. The summed E-state index contributed by atoms with van der Waals surface area (Å²) in [6.07, 6.45) is 0. The van der Waals surface area contributed by atoms with E-state index in [1.54, 1.807) is 18.2 Å². The lowest BCUT2D eigenvalue weighted by atomic mass is 10.0. The Hall–Kier alpha value is -0.830. The molecule has 0 unspecified atom stereocenters. The maximum Gasteiger partial charge on any atom is 0.195 e. The molecule has 82 valence electrons. The van der Waals surface area contributed by atoms with Crippen molar-refractivity contribution in [2.45, 2.75) is 6.92 Å². The van der Waals surface area contributed by atoms with Crippen molar-refractivity contribution < 1.29 is 4.79 Å². The highest BCUT2D eigenvalue weighted by Crippen LogP contribution is 2.25. The lowest BCUT2D eigenvalue weighted by molar-refractivity contribution is 0.103. The number of rotatable bonds is 2. The summed E-state index contributed by atoms with van der Waals surface area (Å²) in [5, 5.41) is 4.71. The molecule has 0 radical (unpaired) electrons. The summed E-state index contributed by atoms with van der Waals surface area (Å²) in [6, 6.07) is 4.91.